The van der Waals surface area contributed by atoms with E-state index in [4.69, 9.17) is 13.7 Å². The van der Waals surface area contributed by atoms with Crippen molar-refractivity contribution >= 4 is 15.9 Å². The molecule has 1 saturated carbocycles. The number of amides is 1. The molecule has 1 amide bonds. The molecule has 1 aliphatic carbocycles. The molecule has 1 aromatic carbocycles. The Kier molecular flexibility index (Phi) is 5.07. The van der Waals surface area contributed by atoms with E-state index in [-0.39, 0.29) is 41.1 Å². The summed E-state index contributed by atoms with van der Waals surface area (Å²) in [5, 5.41) is 6.16. The van der Waals surface area contributed by atoms with Crippen LogP contribution < -0.4 is 14.8 Å². The molecule has 0 spiro atoms. The van der Waals surface area contributed by atoms with Crippen molar-refractivity contribution in [2.45, 2.75) is 24.0 Å². The molecule has 1 aliphatic rings. The molecule has 2 N–H and O–H groups in total. The van der Waals surface area contributed by atoms with Crippen LogP contribution in [-0.2, 0) is 14.8 Å². The lowest BCUT2D eigenvalue weighted by atomic mass is 10.2. The third-order valence-electron chi connectivity index (χ3n) is 4.15. The summed E-state index contributed by atoms with van der Waals surface area (Å²) < 4.78 is 43.1. The predicted octanol–water partition coefficient (Wildman–Crippen LogP) is 1.56. The minimum absolute atomic E-state index is 0.0222. The zero-order chi connectivity index (χ0) is 20.4. The van der Waals surface area contributed by atoms with Gasteiger partial charge in [0.1, 0.15) is 5.75 Å². The number of hydrogen-bond acceptors (Lipinski definition) is 8. The van der Waals surface area contributed by atoms with Gasteiger partial charge in [-0.15, -0.1) is 0 Å². The summed E-state index contributed by atoms with van der Waals surface area (Å²) in [6.45, 7) is -0.161. The Balaban J connectivity index is 1.56. The minimum atomic E-state index is -3.72. The molecule has 4 rings (SSSR count). The lowest BCUT2D eigenvalue weighted by Gasteiger charge is -2.08. The highest BCUT2D eigenvalue weighted by Gasteiger charge is 2.30. The fourth-order valence-corrected chi connectivity index (χ4v) is 3.72. The predicted molar refractivity (Wildman–Crippen MR) is 100 cm³/mol. The highest BCUT2D eigenvalue weighted by atomic mass is 32.2. The monoisotopic (exact) mass is 418 g/mol. The highest BCUT2D eigenvalue weighted by Crippen LogP contribution is 2.31. The Hall–Kier alpha value is -3.18. The third kappa shape index (κ3) is 4.30. The van der Waals surface area contributed by atoms with Crippen LogP contribution in [0, 0.1) is 0 Å². The average molecular weight is 418 g/mol. The van der Waals surface area contributed by atoms with Crippen LogP contribution in [0.4, 0.5) is 0 Å². The van der Waals surface area contributed by atoms with Crippen LogP contribution in [0.5, 0.6) is 5.75 Å². The number of hydrogen-bond donors (Lipinski definition) is 2. The summed E-state index contributed by atoms with van der Waals surface area (Å²) in [5.41, 5.74) is 0.515. The summed E-state index contributed by atoms with van der Waals surface area (Å²) in [6.07, 6.45) is 1.64. The first kappa shape index (κ1) is 19.2. The molecule has 29 heavy (non-hydrogen) atoms. The number of benzene rings is 1. The van der Waals surface area contributed by atoms with E-state index in [2.05, 4.69) is 20.2 Å². The normalized spacial score (nSPS) is 14.0. The number of sulfonamides is 1. The van der Waals surface area contributed by atoms with Crippen LogP contribution in [-0.4, -0.2) is 44.2 Å². The van der Waals surface area contributed by atoms with Crippen LogP contribution in [0.3, 0.4) is 0 Å². The van der Waals surface area contributed by atoms with Crippen molar-refractivity contribution < 1.29 is 26.9 Å². The molecule has 2 heterocycles. The number of aromatic nitrogens is 2. The van der Waals surface area contributed by atoms with E-state index >= 15 is 0 Å². The van der Waals surface area contributed by atoms with Crippen LogP contribution in [0.25, 0.3) is 23.0 Å². The van der Waals surface area contributed by atoms with Gasteiger partial charge in [-0.2, -0.15) is 4.98 Å². The van der Waals surface area contributed by atoms with E-state index in [9.17, 15) is 13.2 Å². The Morgan fingerprint density at radius 2 is 2.03 bits per heavy atom. The Morgan fingerprint density at radius 1 is 1.24 bits per heavy atom. The number of nitrogens with one attached hydrogen (secondary N) is 2. The van der Waals surface area contributed by atoms with Crippen molar-refractivity contribution in [3.63, 3.8) is 0 Å². The third-order valence-corrected chi connectivity index (χ3v) is 5.54. The van der Waals surface area contributed by atoms with Crippen LogP contribution in [0.2, 0.25) is 0 Å². The summed E-state index contributed by atoms with van der Waals surface area (Å²) in [7, 11) is -2.20. The van der Waals surface area contributed by atoms with Gasteiger partial charge in [-0.05, 0) is 37.1 Å². The van der Waals surface area contributed by atoms with Crippen LogP contribution in [0.15, 0.2) is 50.4 Å². The second-order valence-corrected chi connectivity index (χ2v) is 8.04. The fraction of sp³-hybridized carbons (Fsp3) is 0.278. The average Bonchev–Trinajstić information content (AvgIpc) is 3.20. The smallest absolute Gasteiger partial charge is 0.294 e. The SMILES string of the molecule is CNC(=O)COc1ccccc1-c1noc(-c2ccc(S(=O)(=O)NC3CC3)o2)n1. The van der Waals surface area contributed by atoms with Crippen LogP contribution in [0.1, 0.15) is 12.8 Å². The molecule has 2 aromatic heterocycles. The van der Waals surface area contributed by atoms with Crippen molar-refractivity contribution in [2.75, 3.05) is 13.7 Å². The maximum atomic E-state index is 12.2. The van der Waals surface area contributed by atoms with Gasteiger partial charge >= 0.3 is 0 Å². The van der Waals surface area contributed by atoms with Gasteiger partial charge in [0.2, 0.25) is 10.9 Å². The van der Waals surface area contributed by atoms with E-state index in [1.807, 2.05) is 0 Å². The summed E-state index contributed by atoms with van der Waals surface area (Å²) in [5.74, 6) is 0.486. The number of carbonyl (C=O) groups excluding carboxylic acids is 1. The van der Waals surface area contributed by atoms with Gasteiger partial charge in [0, 0.05) is 13.1 Å². The number of rotatable bonds is 8. The maximum absolute atomic E-state index is 12.2. The Morgan fingerprint density at radius 3 is 2.79 bits per heavy atom. The minimum Gasteiger partial charge on any atom is -0.483 e. The number of nitrogens with zero attached hydrogens (tertiary/aromatic N) is 2. The zero-order valence-electron chi connectivity index (χ0n) is 15.4. The zero-order valence-corrected chi connectivity index (χ0v) is 16.2. The van der Waals surface area contributed by atoms with Crippen molar-refractivity contribution in [3.8, 4) is 28.8 Å². The largest absolute Gasteiger partial charge is 0.483 e. The summed E-state index contributed by atoms with van der Waals surface area (Å²) in [6, 6.07) is 9.66. The number of furan rings is 1. The van der Waals surface area contributed by atoms with E-state index in [0.717, 1.165) is 12.8 Å². The first-order valence-corrected chi connectivity index (χ1v) is 10.3. The van der Waals surface area contributed by atoms with E-state index < -0.39 is 10.0 Å². The van der Waals surface area contributed by atoms with Gasteiger partial charge in [-0.1, -0.05) is 17.3 Å². The second-order valence-electron chi connectivity index (χ2n) is 6.40. The van der Waals surface area contributed by atoms with Gasteiger partial charge in [0.25, 0.3) is 21.8 Å². The lowest BCUT2D eigenvalue weighted by molar-refractivity contribution is -0.122. The Labute approximate surface area is 166 Å². The van der Waals surface area contributed by atoms with Crippen molar-refractivity contribution in [2.24, 2.45) is 0 Å². The van der Waals surface area contributed by atoms with Crippen LogP contribution >= 0.6 is 0 Å². The van der Waals surface area contributed by atoms with Gasteiger partial charge in [-0.3, -0.25) is 4.79 Å². The molecule has 11 heteroatoms. The van der Waals surface area contributed by atoms with Crippen molar-refractivity contribution in [1.29, 1.82) is 0 Å². The quantitative estimate of drug-likeness (QED) is 0.562. The second kappa shape index (κ2) is 7.68. The Bertz CT molecular complexity index is 1130. The van der Waals surface area contributed by atoms with Gasteiger partial charge < -0.3 is 19.0 Å². The fourth-order valence-electron chi connectivity index (χ4n) is 2.48. The van der Waals surface area contributed by atoms with Gasteiger partial charge in [-0.25, -0.2) is 13.1 Å². The van der Waals surface area contributed by atoms with E-state index in [0.29, 0.717) is 11.3 Å². The van der Waals surface area contributed by atoms with Crippen molar-refractivity contribution in [3.05, 3.63) is 36.4 Å². The van der Waals surface area contributed by atoms with E-state index in [1.54, 1.807) is 24.3 Å². The molecule has 1 fully saturated rings. The molecule has 0 bridgehead atoms. The molecule has 10 nitrogen and oxygen atoms in total. The topological polar surface area (TPSA) is 137 Å². The molecule has 0 aliphatic heterocycles. The summed E-state index contributed by atoms with van der Waals surface area (Å²) in [4.78, 5) is 15.7. The molecule has 0 atom stereocenters. The van der Waals surface area contributed by atoms with E-state index in [1.165, 1.54) is 19.2 Å². The lowest BCUT2D eigenvalue weighted by Crippen LogP contribution is -2.25. The van der Waals surface area contributed by atoms with Gasteiger partial charge in [0.15, 0.2) is 12.4 Å². The molecule has 152 valence electrons. The first-order chi connectivity index (χ1) is 14.0. The van der Waals surface area contributed by atoms with Gasteiger partial charge in [0.05, 0.1) is 5.56 Å². The molecular weight excluding hydrogens is 400 g/mol. The number of ether oxygens (including phenoxy) is 1. The van der Waals surface area contributed by atoms with Crippen molar-refractivity contribution in [1.82, 2.24) is 20.2 Å². The molecular formula is C18H18N4O6S. The molecule has 0 saturated heterocycles. The molecule has 0 unspecified atom stereocenters. The standard InChI is InChI=1S/C18H18N4O6S/c1-19-15(23)10-26-13-5-3-2-4-12(13)17-20-18(28-21-17)14-8-9-16(27-14)29(24,25)22-11-6-7-11/h2-5,8-9,11,22H,6-7,10H2,1H3,(H,19,23). The molecule has 3 aromatic rings. The molecule has 0 radical (unpaired) electrons. The first-order valence-electron chi connectivity index (χ1n) is 8.85. The number of para-hydroxylation sites is 1. The maximum Gasteiger partial charge on any atom is 0.294 e. The summed E-state index contributed by atoms with van der Waals surface area (Å²) >= 11 is 0. The number of carbonyl (C=O) groups is 1. The number of likely N-dealkylation sites (N-methyl/N-ethyl adjacent to an activating group) is 1. The highest BCUT2D eigenvalue weighted by molar-refractivity contribution is 7.89.